The quantitative estimate of drug-likeness (QED) is 0.696. The molecule has 0 N–H and O–H groups in total. The topological polar surface area (TPSA) is 22.1 Å². The summed E-state index contributed by atoms with van der Waals surface area (Å²) in [6.45, 7) is 0. The van der Waals surface area contributed by atoms with Crippen LogP contribution in [0.5, 0.6) is 5.75 Å². The zero-order valence-electron chi connectivity index (χ0n) is 11.3. The third-order valence-electron chi connectivity index (χ3n) is 3.26. The number of hydrogen-bond donors (Lipinski definition) is 0. The lowest BCUT2D eigenvalue weighted by molar-refractivity contribution is 0.414. The van der Waals surface area contributed by atoms with E-state index in [-0.39, 0.29) is 0 Å². The van der Waals surface area contributed by atoms with Crippen molar-refractivity contribution in [3.8, 4) is 5.75 Å². The normalized spacial score (nSPS) is 11.1. The number of fused-ring (bicyclic) bond motifs is 1. The van der Waals surface area contributed by atoms with Gasteiger partial charge in [-0.1, -0.05) is 42.5 Å². The smallest absolute Gasteiger partial charge is 0.126 e. The molecule has 2 aromatic carbocycles. The average molecular weight is 261 g/mol. The molecule has 3 rings (SSSR count). The number of methoxy groups -OCH3 is 1. The maximum atomic E-state index is 5.35. The highest BCUT2D eigenvalue weighted by atomic mass is 16.5. The van der Waals surface area contributed by atoms with E-state index in [9.17, 15) is 0 Å². The summed E-state index contributed by atoms with van der Waals surface area (Å²) in [4.78, 5) is 4.45. The number of pyridine rings is 1. The third kappa shape index (κ3) is 2.41. The molecule has 0 atom stereocenters. The van der Waals surface area contributed by atoms with Gasteiger partial charge in [0.25, 0.3) is 0 Å². The van der Waals surface area contributed by atoms with Crippen LogP contribution in [0, 0.1) is 0 Å². The number of aromatic nitrogens is 1. The Kier molecular flexibility index (Phi) is 3.46. The minimum atomic E-state index is 0.865. The van der Waals surface area contributed by atoms with Crippen molar-refractivity contribution in [1.82, 2.24) is 4.98 Å². The van der Waals surface area contributed by atoms with Gasteiger partial charge in [0.15, 0.2) is 0 Å². The standard InChI is InChI=1S/C18H15NO/c1-20-18-9-5-3-7-15(18)10-11-17-16-8-4-2-6-14(16)12-13-19-17/h2-13H,1H3/b11-10+. The van der Waals surface area contributed by atoms with E-state index in [0.717, 1.165) is 22.4 Å². The Labute approximate surface area is 118 Å². The van der Waals surface area contributed by atoms with E-state index in [4.69, 9.17) is 4.74 Å². The van der Waals surface area contributed by atoms with Gasteiger partial charge in [-0.3, -0.25) is 4.98 Å². The van der Waals surface area contributed by atoms with Gasteiger partial charge < -0.3 is 4.74 Å². The van der Waals surface area contributed by atoms with Gasteiger partial charge in [-0.15, -0.1) is 0 Å². The van der Waals surface area contributed by atoms with Gasteiger partial charge in [0.2, 0.25) is 0 Å². The minimum absolute atomic E-state index is 0.865. The number of nitrogens with zero attached hydrogens (tertiary/aromatic N) is 1. The van der Waals surface area contributed by atoms with Crippen molar-refractivity contribution in [2.75, 3.05) is 7.11 Å². The van der Waals surface area contributed by atoms with Gasteiger partial charge in [-0.25, -0.2) is 0 Å². The van der Waals surface area contributed by atoms with Crippen LogP contribution in [0.1, 0.15) is 11.3 Å². The molecule has 0 spiro atoms. The Balaban J connectivity index is 2.03. The molecule has 0 radical (unpaired) electrons. The summed E-state index contributed by atoms with van der Waals surface area (Å²) in [7, 11) is 1.68. The fourth-order valence-electron chi connectivity index (χ4n) is 2.25. The zero-order valence-corrected chi connectivity index (χ0v) is 11.3. The van der Waals surface area contributed by atoms with Gasteiger partial charge in [0, 0.05) is 17.1 Å². The predicted molar refractivity (Wildman–Crippen MR) is 83.7 cm³/mol. The zero-order chi connectivity index (χ0) is 13.8. The van der Waals surface area contributed by atoms with Crippen molar-refractivity contribution in [3.63, 3.8) is 0 Å². The fraction of sp³-hybridized carbons (Fsp3) is 0.0556. The minimum Gasteiger partial charge on any atom is -0.496 e. The summed E-state index contributed by atoms with van der Waals surface area (Å²) in [5.74, 6) is 0.865. The molecule has 2 heteroatoms. The molecule has 0 fully saturated rings. The van der Waals surface area contributed by atoms with Crippen LogP contribution >= 0.6 is 0 Å². The summed E-state index contributed by atoms with van der Waals surface area (Å²) in [6, 6.07) is 18.2. The molecular formula is C18H15NO. The highest BCUT2D eigenvalue weighted by Gasteiger charge is 2.00. The first-order valence-electron chi connectivity index (χ1n) is 6.53. The molecule has 0 saturated carbocycles. The van der Waals surface area contributed by atoms with Crippen LogP contribution in [-0.4, -0.2) is 12.1 Å². The van der Waals surface area contributed by atoms with Crippen molar-refractivity contribution < 1.29 is 4.74 Å². The van der Waals surface area contributed by atoms with E-state index in [0.29, 0.717) is 0 Å². The van der Waals surface area contributed by atoms with Crippen molar-refractivity contribution >= 4 is 22.9 Å². The molecule has 1 heterocycles. The van der Waals surface area contributed by atoms with E-state index in [1.165, 1.54) is 5.39 Å². The van der Waals surface area contributed by atoms with Crippen LogP contribution in [0.4, 0.5) is 0 Å². The lowest BCUT2D eigenvalue weighted by Gasteiger charge is -2.04. The van der Waals surface area contributed by atoms with Gasteiger partial charge in [-0.2, -0.15) is 0 Å². The molecule has 0 bridgehead atoms. The first-order chi connectivity index (χ1) is 9.88. The third-order valence-corrected chi connectivity index (χ3v) is 3.26. The first-order valence-corrected chi connectivity index (χ1v) is 6.53. The van der Waals surface area contributed by atoms with Crippen LogP contribution in [0.15, 0.2) is 60.8 Å². The number of rotatable bonds is 3. The first kappa shape index (κ1) is 12.4. The second-order valence-corrected chi connectivity index (χ2v) is 4.49. The maximum absolute atomic E-state index is 5.35. The molecule has 0 aliphatic heterocycles. The molecule has 0 aliphatic carbocycles. The monoisotopic (exact) mass is 261 g/mol. The highest BCUT2D eigenvalue weighted by molar-refractivity contribution is 5.91. The summed E-state index contributed by atoms with van der Waals surface area (Å²) < 4.78 is 5.35. The predicted octanol–water partition coefficient (Wildman–Crippen LogP) is 4.41. The molecule has 0 amide bonds. The second kappa shape index (κ2) is 5.57. The molecular weight excluding hydrogens is 246 g/mol. The second-order valence-electron chi connectivity index (χ2n) is 4.49. The molecule has 0 saturated heterocycles. The van der Waals surface area contributed by atoms with E-state index >= 15 is 0 Å². The Morgan fingerprint density at radius 3 is 2.60 bits per heavy atom. The van der Waals surface area contributed by atoms with Crippen molar-refractivity contribution in [2.24, 2.45) is 0 Å². The van der Waals surface area contributed by atoms with Gasteiger partial charge in [0.05, 0.1) is 12.8 Å². The van der Waals surface area contributed by atoms with E-state index < -0.39 is 0 Å². The molecule has 2 nitrogen and oxygen atoms in total. The maximum Gasteiger partial charge on any atom is 0.126 e. The Hall–Kier alpha value is -2.61. The van der Waals surface area contributed by atoms with Crippen LogP contribution in [-0.2, 0) is 0 Å². The van der Waals surface area contributed by atoms with Crippen LogP contribution in [0.25, 0.3) is 22.9 Å². The van der Waals surface area contributed by atoms with Gasteiger partial charge >= 0.3 is 0 Å². The largest absolute Gasteiger partial charge is 0.496 e. The van der Waals surface area contributed by atoms with Crippen LogP contribution in [0.2, 0.25) is 0 Å². The molecule has 20 heavy (non-hydrogen) atoms. The number of hydrogen-bond acceptors (Lipinski definition) is 2. The Morgan fingerprint density at radius 1 is 0.900 bits per heavy atom. The molecule has 3 aromatic rings. The summed E-state index contributed by atoms with van der Waals surface area (Å²) in [5.41, 5.74) is 2.01. The lowest BCUT2D eigenvalue weighted by Crippen LogP contribution is -1.86. The van der Waals surface area contributed by atoms with Gasteiger partial charge in [-0.05, 0) is 29.7 Å². The van der Waals surface area contributed by atoms with Crippen molar-refractivity contribution in [2.45, 2.75) is 0 Å². The van der Waals surface area contributed by atoms with Crippen molar-refractivity contribution in [1.29, 1.82) is 0 Å². The van der Waals surface area contributed by atoms with Crippen molar-refractivity contribution in [3.05, 3.63) is 72.1 Å². The summed E-state index contributed by atoms with van der Waals surface area (Å²) >= 11 is 0. The highest BCUT2D eigenvalue weighted by Crippen LogP contribution is 2.22. The molecule has 0 aliphatic rings. The molecule has 98 valence electrons. The number of ether oxygens (including phenoxy) is 1. The van der Waals surface area contributed by atoms with Crippen LogP contribution < -0.4 is 4.74 Å². The van der Waals surface area contributed by atoms with E-state index in [1.54, 1.807) is 7.11 Å². The Morgan fingerprint density at radius 2 is 1.70 bits per heavy atom. The summed E-state index contributed by atoms with van der Waals surface area (Å²) in [6.07, 6.45) is 5.90. The SMILES string of the molecule is COc1ccccc1/C=C/c1nccc2ccccc12. The van der Waals surface area contributed by atoms with Crippen LogP contribution in [0.3, 0.4) is 0 Å². The Bertz CT molecular complexity index is 757. The average Bonchev–Trinajstić information content (AvgIpc) is 2.53. The van der Waals surface area contributed by atoms with E-state index in [2.05, 4.69) is 17.1 Å². The van der Waals surface area contributed by atoms with E-state index in [1.807, 2.05) is 60.8 Å². The number of para-hydroxylation sites is 1. The molecule has 0 unspecified atom stereocenters. The summed E-state index contributed by atoms with van der Waals surface area (Å²) in [5, 5.41) is 2.35. The number of benzene rings is 2. The van der Waals surface area contributed by atoms with Gasteiger partial charge in [0.1, 0.15) is 5.75 Å². The fourth-order valence-corrected chi connectivity index (χ4v) is 2.25. The lowest BCUT2D eigenvalue weighted by atomic mass is 10.1. The molecule has 1 aromatic heterocycles.